The molecule has 0 aromatic heterocycles. The van der Waals surface area contributed by atoms with Crippen molar-refractivity contribution in [3.8, 4) is 5.75 Å². The van der Waals surface area contributed by atoms with Crippen molar-refractivity contribution in [2.24, 2.45) is 11.7 Å². The van der Waals surface area contributed by atoms with Crippen LogP contribution in [-0.2, 0) is 4.79 Å². The summed E-state index contributed by atoms with van der Waals surface area (Å²) in [7, 11) is 0. The number of piperidine rings is 1. The SMILES string of the molecule is NC(=O)C[C@H]1CN(C(=O)c2cc(F)cc(F)c2)CC[C@@H]1Oc1cccc(Br)c1. The van der Waals surface area contributed by atoms with Crippen molar-refractivity contribution in [1.29, 1.82) is 0 Å². The number of halogens is 3. The molecule has 1 aliphatic heterocycles. The van der Waals surface area contributed by atoms with Crippen LogP contribution in [-0.4, -0.2) is 35.9 Å². The molecular weight excluding hydrogens is 434 g/mol. The number of amides is 2. The van der Waals surface area contributed by atoms with E-state index in [1.54, 1.807) is 6.07 Å². The number of carbonyl (C=O) groups excluding carboxylic acids is 2. The maximum atomic E-state index is 13.4. The van der Waals surface area contributed by atoms with E-state index in [9.17, 15) is 18.4 Å². The quantitative estimate of drug-likeness (QED) is 0.754. The first-order valence-electron chi connectivity index (χ1n) is 8.77. The number of nitrogens with zero attached hydrogens (tertiary/aromatic N) is 1. The number of nitrogens with two attached hydrogens (primary N) is 1. The molecule has 2 aromatic carbocycles. The Morgan fingerprint density at radius 1 is 1.18 bits per heavy atom. The van der Waals surface area contributed by atoms with Gasteiger partial charge >= 0.3 is 0 Å². The van der Waals surface area contributed by atoms with Gasteiger partial charge in [-0.1, -0.05) is 22.0 Å². The van der Waals surface area contributed by atoms with Crippen LogP contribution in [0.1, 0.15) is 23.2 Å². The molecule has 3 rings (SSSR count). The number of hydrogen-bond donors (Lipinski definition) is 1. The van der Waals surface area contributed by atoms with Gasteiger partial charge in [0.2, 0.25) is 5.91 Å². The van der Waals surface area contributed by atoms with Crippen LogP contribution in [0, 0.1) is 17.6 Å². The Hall–Kier alpha value is -2.48. The van der Waals surface area contributed by atoms with E-state index in [4.69, 9.17) is 10.5 Å². The first-order chi connectivity index (χ1) is 13.3. The molecule has 1 saturated heterocycles. The molecule has 2 atom stereocenters. The Morgan fingerprint density at radius 3 is 2.54 bits per heavy atom. The van der Waals surface area contributed by atoms with E-state index in [2.05, 4.69) is 15.9 Å². The molecule has 1 fully saturated rings. The third kappa shape index (κ3) is 5.07. The lowest BCUT2D eigenvalue weighted by Gasteiger charge is -2.38. The molecule has 0 bridgehead atoms. The molecule has 0 spiro atoms. The number of primary amides is 1. The smallest absolute Gasteiger partial charge is 0.254 e. The molecule has 0 radical (unpaired) electrons. The average molecular weight is 453 g/mol. The normalized spacial score (nSPS) is 19.3. The number of hydrogen-bond acceptors (Lipinski definition) is 3. The van der Waals surface area contributed by atoms with E-state index < -0.39 is 23.4 Å². The minimum Gasteiger partial charge on any atom is -0.490 e. The van der Waals surface area contributed by atoms with Gasteiger partial charge in [-0.15, -0.1) is 0 Å². The van der Waals surface area contributed by atoms with Crippen molar-refractivity contribution in [2.45, 2.75) is 18.9 Å². The maximum Gasteiger partial charge on any atom is 0.254 e. The Balaban J connectivity index is 1.75. The second-order valence-electron chi connectivity index (χ2n) is 6.74. The number of ether oxygens (including phenoxy) is 1. The molecule has 0 unspecified atom stereocenters. The molecular formula is C20H19BrF2N2O3. The van der Waals surface area contributed by atoms with Gasteiger partial charge in [-0.25, -0.2) is 8.78 Å². The lowest BCUT2D eigenvalue weighted by atomic mass is 9.90. The van der Waals surface area contributed by atoms with Crippen molar-refractivity contribution in [3.63, 3.8) is 0 Å². The molecule has 0 aliphatic carbocycles. The van der Waals surface area contributed by atoms with Gasteiger partial charge in [-0.05, 0) is 30.3 Å². The summed E-state index contributed by atoms with van der Waals surface area (Å²) < 4.78 is 33.8. The number of carbonyl (C=O) groups is 2. The van der Waals surface area contributed by atoms with E-state index in [1.807, 2.05) is 18.2 Å². The monoisotopic (exact) mass is 452 g/mol. The first kappa shape index (κ1) is 20.3. The zero-order valence-electron chi connectivity index (χ0n) is 14.9. The predicted molar refractivity (Wildman–Crippen MR) is 103 cm³/mol. The highest BCUT2D eigenvalue weighted by Crippen LogP contribution is 2.28. The predicted octanol–water partition coefficient (Wildman–Crippen LogP) is 3.51. The van der Waals surface area contributed by atoms with E-state index >= 15 is 0 Å². The summed E-state index contributed by atoms with van der Waals surface area (Å²) >= 11 is 3.38. The van der Waals surface area contributed by atoms with E-state index in [0.717, 1.165) is 16.6 Å². The zero-order valence-corrected chi connectivity index (χ0v) is 16.5. The second-order valence-corrected chi connectivity index (χ2v) is 7.66. The maximum absolute atomic E-state index is 13.4. The molecule has 2 amide bonds. The summed E-state index contributed by atoms with van der Waals surface area (Å²) in [5.74, 6) is -2.31. The van der Waals surface area contributed by atoms with Crippen LogP contribution in [0.4, 0.5) is 8.78 Å². The summed E-state index contributed by atoms with van der Waals surface area (Å²) in [4.78, 5) is 25.7. The van der Waals surface area contributed by atoms with E-state index in [1.165, 1.54) is 4.90 Å². The van der Waals surface area contributed by atoms with Crippen LogP contribution in [0.3, 0.4) is 0 Å². The molecule has 1 aliphatic rings. The molecule has 2 aromatic rings. The van der Waals surface area contributed by atoms with E-state index in [-0.39, 0.29) is 30.6 Å². The zero-order chi connectivity index (χ0) is 20.3. The number of likely N-dealkylation sites (tertiary alicyclic amines) is 1. The third-order valence-electron chi connectivity index (χ3n) is 4.61. The lowest BCUT2D eigenvalue weighted by Crippen LogP contribution is -2.49. The minimum atomic E-state index is -0.815. The highest BCUT2D eigenvalue weighted by Gasteiger charge is 2.34. The average Bonchev–Trinajstić information content (AvgIpc) is 2.61. The van der Waals surface area contributed by atoms with Gasteiger partial charge in [0.1, 0.15) is 23.5 Å². The van der Waals surface area contributed by atoms with Crippen LogP contribution in [0.5, 0.6) is 5.75 Å². The van der Waals surface area contributed by atoms with Gasteiger partial charge in [0, 0.05) is 48.0 Å². The Kier molecular flexibility index (Phi) is 6.28. The summed E-state index contributed by atoms with van der Waals surface area (Å²) in [5.41, 5.74) is 5.30. The molecule has 0 saturated carbocycles. The van der Waals surface area contributed by atoms with Gasteiger partial charge in [-0.3, -0.25) is 9.59 Å². The number of rotatable bonds is 5. The fraction of sp³-hybridized carbons (Fsp3) is 0.300. The fourth-order valence-corrected chi connectivity index (χ4v) is 3.76. The van der Waals surface area contributed by atoms with Gasteiger partial charge < -0.3 is 15.4 Å². The minimum absolute atomic E-state index is 0.0416. The highest BCUT2D eigenvalue weighted by molar-refractivity contribution is 9.10. The lowest BCUT2D eigenvalue weighted by molar-refractivity contribution is -0.120. The van der Waals surface area contributed by atoms with Gasteiger partial charge in [0.15, 0.2) is 0 Å². The van der Waals surface area contributed by atoms with Gasteiger partial charge in [0.05, 0.1) is 0 Å². The summed E-state index contributed by atoms with van der Waals surface area (Å²) in [6.07, 6.45) is 0.198. The van der Waals surface area contributed by atoms with Crippen molar-refractivity contribution in [2.75, 3.05) is 13.1 Å². The summed E-state index contributed by atoms with van der Waals surface area (Å²) in [5, 5.41) is 0. The van der Waals surface area contributed by atoms with Crippen molar-refractivity contribution in [3.05, 3.63) is 64.1 Å². The third-order valence-corrected chi connectivity index (χ3v) is 5.10. The van der Waals surface area contributed by atoms with Crippen molar-refractivity contribution >= 4 is 27.7 Å². The molecule has 8 heteroatoms. The van der Waals surface area contributed by atoms with Crippen LogP contribution in [0.15, 0.2) is 46.9 Å². The number of benzene rings is 2. The van der Waals surface area contributed by atoms with E-state index in [0.29, 0.717) is 24.8 Å². The summed E-state index contributed by atoms with van der Waals surface area (Å²) in [6.45, 7) is 0.545. The first-order valence-corrected chi connectivity index (χ1v) is 9.57. The van der Waals surface area contributed by atoms with Gasteiger partial charge in [-0.2, -0.15) is 0 Å². The Morgan fingerprint density at radius 2 is 1.89 bits per heavy atom. The largest absolute Gasteiger partial charge is 0.490 e. The molecule has 28 heavy (non-hydrogen) atoms. The Bertz CT molecular complexity index is 873. The van der Waals surface area contributed by atoms with Crippen molar-refractivity contribution in [1.82, 2.24) is 4.90 Å². The standard InChI is InChI=1S/C20H19BrF2N2O3/c21-14-2-1-3-17(9-14)28-18-4-5-25(11-13(18)8-19(24)26)20(27)12-6-15(22)10-16(23)7-12/h1-3,6-7,9-10,13,18H,4-5,8,11H2,(H2,24,26)/t13-,18-/m0/s1. The van der Waals surface area contributed by atoms with Crippen molar-refractivity contribution < 1.29 is 23.1 Å². The molecule has 5 nitrogen and oxygen atoms in total. The van der Waals surface area contributed by atoms with Crippen LogP contribution in [0.2, 0.25) is 0 Å². The molecule has 1 heterocycles. The van der Waals surface area contributed by atoms with Crippen LogP contribution >= 0.6 is 15.9 Å². The Labute approximate surface area is 169 Å². The van der Waals surface area contributed by atoms with Gasteiger partial charge in [0.25, 0.3) is 5.91 Å². The second kappa shape index (κ2) is 8.68. The summed E-state index contributed by atoms with van der Waals surface area (Å²) in [6, 6.07) is 10.0. The van der Waals surface area contributed by atoms with Crippen LogP contribution in [0.25, 0.3) is 0 Å². The molecule has 148 valence electrons. The fourth-order valence-electron chi connectivity index (χ4n) is 3.38. The van der Waals surface area contributed by atoms with Crippen LogP contribution < -0.4 is 10.5 Å². The highest BCUT2D eigenvalue weighted by atomic mass is 79.9. The topological polar surface area (TPSA) is 72.6 Å². The molecule has 2 N–H and O–H groups in total.